The summed E-state index contributed by atoms with van der Waals surface area (Å²) in [5.74, 6) is 0. The molecule has 0 radical (unpaired) electrons. The van der Waals surface area contributed by atoms with E-state index in [1.54, 1.807) is 0 Å². The maximum absolute atomic E-state index is 6.14. The molecule has 0 unspecified atom stereocenters. The fourth-order valence-corrected chi connectivity index (χ4v) is 1.98. The van der Waals surface area contributed by atoms with Crippen molar-refractivity contribution in [2.45, 2.75) is 58.4 Å². The number of nitrogens with two attached hydrogens (primary N) is 1. The van der Waals surface area contributed by atoms with Crippen molar-refractivity contribution in [3.8, 4) is 0 Å². The van der Waals surface area contributed by atoms with Crippen molar-refractivity contribution in [3.05, 3.63) is 0 Å². The Kier molecular flexibility index (Phi) is 2.29. The molecule has 1 heteroatoms. The van der Waals surface area contributed by atoms with Gasteiger partial charge in [0, 0.05) is 5.54 Å². The van der Waals surface area contributed by atoms with E-state index in [9.17, 15) is 0 Å². The van der Waals surface area contributed by atoms with Crippen molar-refractivity contribution in [2.75, 3.05) is 0 Å². The minimum absolute atomic E-state index is 0.00736. The van der Waals surface area contributed by atoms with Crippen LogP contribution < -0.4 is 5.73 Å². The normalized spacial score (nSPS) is 25.1. The summed E-state index contributed by atoms with van der Waals surface area (Å²) in [6, 6.07) is 0. The number of rotatable bonds is 1. The summed E-state index contributed by atoms with van der Waals surface area (Å²) in [6.07, 6.45) is 6.78. The van der Waals surface area contributed by atoms with Crippen LogP contribution in [-0.4, -0.2) is 5.54 Å². The van der Waals surface area contributed by atoms with Crippen molar-refractivity contribution in [3.63, 3.8) is 0 Å². The van der Waals surface area contributed by atoms with E-state index in [-0.39, 0.29) is 5.54 Å². The number of hydrogen-bond acceptors (Lipinski definition) is 1. The predicted molar refractivity (Wildman–Crippen MR) is 49.5 cm³/mol. The summed E-state index contributed by atoms with van der Waals surface area (Å²) in [7, 11) is 0. The fourth-order valence-electron chi connectivity index (χ4n) is 1.98. The van der Waals surface area contributed by atoms with E-state index < -0.39 is 0 Å². The third-order valence-corrected chi connectivity index (χ3v) is 3.51. The molecule has 0 saturated heterocycles. The molecule has 0 spiro atoms. The van der Waals surface area contributed by atoms with Crippen LogP contribution in [0.1, 0.15) is 52.9 Å². The van der Waals surface area contributed by atoms with Gasteiger partial charge >= 0.3 is 0 Å². The Labute approximate surface area is 70.4 Å². The quantitative estimate of drug-likeness (QED) is 0.619. The Balaban J connectivity index is 2.64. The van der Waals surface area contributed by atoms with Crippen molar-refractivity contribution < 1.29 is 0 Å². The van der Waals surface area contributed by atoms with Gasteiger partial charge in [-0.25, -0.2) is 0 Å². The van der Waals surface area contributed by atoms with Crippen LogP contribution in [0, 0.1) is 5.41 Å². The first-order valence-electron chi connectivity index (χ1n) is 4.75. The van der Waals surface area contributed by atoms with Gasteiger partial charge in [-0.1, -0.05) is 26.2 Å². The van der Waals surface area contributed by atoms with Crippen molar-refractivity contribution in [1.29, 1.82) is 0 Å². The molecule has 0 amide bonds. The van der Waals surface area contributed by atoms with Gasteiger partial charge in [-0.3, -0.25) is 0 Å². The highest BCUT2D eigenvalue weighted by molar-refractivity contribution is 4.94. The molecule has 11 heavy (non-hydrogen) atoms. The molecule has 2 N–H and O–H groups in total. The topological polar surface area (TPSA) is 26.0 Å². The molecule has 66 valence electrons. The molecule has 0 aliphatic heterocycles. The first-order chi connectivity index (χ1) is 4.96. The van der Waals surface area contributed by atoms with Gasteiger partial charge in [-0.05, 0) is 32.1 Å². The van der Waals surface area contributed by atoms with Gasteiger partial charge in [0.25, 0.3) is 0 Å². The molecule has 1 rings (SSSR count). The van der Waals surface area contributed by atoms with Crippen LogP contribution in [0.3, 0.4) is 0 Å². The third-order valence-electron chi connectivity index (χ3n) is 3.51. The molecular formula is C10H21N. The smallest absolute Gasteiger partial charge is 0.0151 e. The van der Waals surface area contributed by atoms with Gasteiger partial charge < -0.3 is 5.73 Å². The maximum Gasteiger partial charge on any atom is 0.0151 e. The first kappa shape index (κ1) is 9.05. The lowest BCUT2D eigenvalue weighted by Gasteiger charge is -2.44. The van der Waals surface area contributed by atoms with Crippen LogP contribution in [0.25, 0.3) is 0 Å². The predicted octanol–water partition coefficient (Wildman–Crippen LogP) is 2.69. The molecule has 1 aliphatic rings. The Morgan fingerprint density at radius 2 is 1.55 bits per heavy atom. The maximum atomic E-state index is 6.14. The minimum Gasteiger partial charge on any atom is -0.325 e. The largest absolute Gasteiger partial charge is 0.325 e. The fraction of sp³-hybridized carbons (Fsp3) is 1.00. The summed E-state index contributed by atoms with van der Waals surface area (Å²) in [6.45, 7) is 6.67. The van der Waals surface area contributed by atoms with Crippen LogP contribution >= 0.6 is 0 Å². The number of hydrogen-bond donors (Lipinski definition) is 1. The van der Waals surface area contributed by atoms with Gasteiger partial charge in [-0.2, -0.15) is 0 Å². The zero-order valence-electron chi connectivity index (χ0n) is 8.11. The van der Waals surface area contributed by atoms with E-state index in [0.717, 1.165) is 0 Å². The van der Waals surface area contributed by atoms with Crippen LogP contribution in [0.5, 0.6) is 0 Å². The molecule has 0 aromatic rings. The van der Waals surface area contributed by atoms with Crippen molar-refractivity contribution in [2.24, 2.45) is 11.1 Å². The second-order valence-electron chi connectivity index (χ2n) is 4.84. The lowest BCUT2D eigenvalue weighted by Crippen LogP contribution is -2.49. The Morgan fingerprint density at radius 3 is 1.82 bits per heavy atom. The van der Waals surface area contributed by atoms with Gasteiger partial charge in [0.1, 0.15) is 0 Å². The molecule has 0 aromatic carbocycles. The molecule has 0 heterocycles. The lowest BCUT2D eigenvalue weighted by atomic mass is 9.65. The first-order valence-corrected chi connectivity index (χ1v) is 4.75. The second-order valence-corrected chi connectivity index (χ2v) is 4.84. The minimum atomic E-state index is 0.00736. The highest BCUT2D eigenvalue weighted by Gasteiger charge is 2.38. The SMILES string of the molecule is CC(C)(N)C1(C)CCCCC1. The summed E-state index contributed by atoms with van der Waals surface area (Å²) < 4.78 is 0. The monoisotopic (exact) mass is 155 g/mol. The third kappa shape index (κ3) is 1.76. The highest BCUT2D eigenvalue weighted by Crippen LogP contribution is 2.42. The Morgan fingerprint density at radius 1 is 1.09 bits per heavy atom. The molecule has 1 fully saturated rings. The van der Waals surface area contributed by atoms with E-state index >= 15 is 0 Å². The Bertz CT molecular complexity index is 126. The van der Waals surface area contributed by atoms with E-state index in [1.807, 2.05) is 0 Å². The van der Waals surface area contributed by atoms with Crippen molar-refractivity contribution in [1.82, 2.24) is 0 Å². The molecule has 0 atom stereocenters. The van der Waals surface area contributed by atoms with Crippen LogP contribution in [0.2, 0.25) is 0 Å². The Hall–Kier alpha value is -0.0400. The van der Waals surface area contributed by atoms with Crippen LogP contribution in [0.4, 0.5) is 0 Å². The van der Waals surface area contributed by atoms with Crippen LogP contribution in [-0.2, 0) is 0 Å². The van der Waals surface area contributed by atoms with Crippen molar-refractivity contribution >= 4 is 0 Å². The van der Waals surface area contributed by atoms with E-state index in [2.05, 4.69) is 20.8 Å². The summed E-state index contributed by atoms with van der Waals surface area (Å²) in [5.41, 5.74) is 6.55. The van der Waals surface area contributed by atoms with E-state index in [4.69, 9.17) is 5.73 Å². The lowest BCUT2D eigenvalue weighted by molar-refractivity contribution is 0.113. The molecule has 0 aromatic heterocycles. The molecule has 1 saturated carbocycles. The highest BCUT2D eigenvalue weighted by atomic mass is 14.8. The van der Waals surface area contributed by atoms with Gasteiger partial charge in [0.15, 0.2) is 0 Å². The molecule has 1 nitrogen and oxygen atoms in total. The van der Waals surface area contributed by atoms with Gasteiger partial charge in [-0.15, -0.1) is 0 Å². The zero-order chi connectivity index (χ0) is 8.54. The average Bonchev–Trinajstić information content (AvgIpc) is 1.87. The van der Waals surface area contributed by atoms with Gasteiger partial charge in [0.2, 0.25) is 0 Å². The molecule has 1 aliphatic carbocycles. The summed E-state index contributed by atoms with van der Waals surface area (Å²) in [5, 5.41) is 0. The van der Waals surface area contributed by atoms with E-state index in [0.29, 0.717) is 5.41 Å². The standard InChI is InChI=1S/C10H21N/c1-9(2,11)10(3)7-5-4-6-8-10/h4-8,11H2,1-3H3. The summed E-state index contributed by atoms with van der Waals surface area (Å²) >= 11 is 0. The summed E-state index contributed by atoms with van der Waals surface area (Å²) in [4.78, 5) is 0. The molecule has 0 bridgehead atoms. The van der Waals surface area contributed by atoms with Gasteiger partial charge in [0.05, 0.1) is 0 Å². The second kappa shape index (κ2) is 2.78. The van der Waals surface area contributed by atoms with Crippen LogP contribution in [0.15, 0.2) is 0 Å². The molecular weight excluding hydrogens is 134 g/mol. The van der Waals surface area contributed by atoms with E-state index in [1.165, 1.54) is 32.1 Å². The zero-order valence-corrected chi connectivity index (χ0v) is 8.11. The average molecular weight is 155 g/mol.